The van der Waals surface area contributed by atoms with Crippen LogP contribution in [0.5, 0.6) is 0 Å². The molecule has 0 saturated carbocycles. The number of halogens is 1. The number of carbonyl (C=O) groups excluding carboxylic acids is 1. The Morgan fingerprint density at radius 3 is 2.88 bits per heavy atom. The first-order valence-corrected chi connectivity index (χ1v) is 6.59. The molecule has 0 aliphatic rings. The number of nitro groups is 1. The van der Waals surface area contributed by atoms with Gasteiger partial charge in [-0.15, -0.1) is 0 Å². The summed E-state index contributed by atoms with van der Waals surface area (Å²) >= 11 is 4.17. The minimum atomic E-state index is -0.497. The van der Waals surface area contributed by atoms with Gasteiger partial charge < -0.3 is 5.32 Å². The van der Waals surface area contributed by atoms with Crippen LogP contribution in [-0.2, 0) is 0 Å². The number of alkyl halides is 1. The quantitative estimate of drug-likeness (QED) is 0.516. The highest BCUT2D eigenvalue weighted by molar-refractivity contribution is 9.09. The van der Waals surface area contributed by atoms with Crippen molar-refractivity contribution < 1.29 is 9.72 Å². The molecule has 0 radical (unpaired) electrons. The summed E-state index contributed by atoms with van der Waals surface area (Å²) < 4.78 is 0. The molecule has 0 aliphatic carbocycles. The van der Waals surface area contributed by atoms with E-state index in [0.717, 1.165) is 23.1 Å². The first-order valence-electron chi connectivity index (χ1n) is 4.65. The first kappa shape index (κ1) is 13.1. The molecule has 0 spiro atoms. The number of carbonyl (C=O) groups is 1. The lowest BCUT2D eigenvalue weighted by Crippen LogP contribution is -2.32. The Morgan fingerprint density at radius 2 is 2.38 bits per heavy atom. The van der Waals surface area contributed by atoms with Crippen molar-refractivity contribution in [3.63, 3.8) is 0 Å². The van der Waals surface area contributed by atoms with Crippen molar-refractivity contribution >= 4 is 38.2 Å². The zero-order chi connectivity index (χ0) is 12.1. The van der Waals surface area contributed by atoms with Crippen LogP contribution < -0.4 is 5.32 Å². The Balaban J connectivity index is 2.62. The largest absolute Gasteiger partial charge is 0.349 e. The molecule has 0 bridgehead atoms. The standard InChI is InChI=1S/C9H11BrN2O3S/c1-6(4-5-10)11-9(13)7-2-3-8(16-7)12(14)15/h2-3,6H,4-5H2,1H3,(H,11,13). The van der Waals surface area contributed by atoms with E-state index >= 15 is 0 Å². The van der Waals surface area contributed by atoms with E-state index in [4.69, 9.17) is 0 Å². The zero-order valence-corrected chi connectivity index (χ0v) is 11.0. The van der Waals surface area contributed by atoms with Crippen LogP contribution in [0.2, 0.25) is 0 Å². The first-order chi connectivity index (χ1) is 7.54. The van der Waals surface area contributed by atoms with Crippen LogP contribution in [0, 0.1) is 10.1 Å². The summed E-state index contributed by atoms with van der Waals surface area (Å²) in [5.74, 6) is -0.258. The summed E-state index contributed by atoms with van der Waals surface area (Å²) in [7, 11) is 0. The molecule has 1 N–H and O–H groups in total. The van der Waals surface area contributed by atoms with Crippen LogP contribution >= 0.6 is 27.3 Å². The van der Waals surface area contributed by atoms with Crippen LogP contribution in [0.4, 0.5) is 5.00 Å². The average Bonchev–Trinajstić information content (AvgIpc) is 2.66. The van der Waals surface area contributed by atoms with Crippen molar-refractivity contribution in [2.24, 2.45) is 0 Å². The molecule has 0 saturated heterocycles. The lowest BCUT2D eigenvalue weighted by molar-refractivity contribution is -0.380. The Bertz CT molecular complexity index is 394. The third-order valence-corrected chi connectivity index (χ3v) is 3.41. The van der Waals surface area contributed by atoms with Crippen LogP contribution in [0.1, 0.15) is 23.0 Å². The van der Waals surface area contributed by atoms with Gasteiger partial charge in [0.15, 0.2) is 0 Å². The van der Waals surface area contributed by atoms with E-state index in [-0.39, 0.29) is 17.0 Å². The van der Waals surface area contributed by atoms with Gasteiger partial charge in [0.05, 0.1) is 9.80 Å². The van der Waals surface area contributed by atoms with E-state index in [9.17, 15) is 14.9 Å². The summed E-state index contributed by atoms with van der Waals surface area (Å²) in [6.45, 7) is 1.89. The van der Waals surface area contributed by atoms with Crippen molar-refractivity contribution in [2.75, 3.05) is 5.33 Å². The maximum absolute atomic E-state index is 11.6. The Morgan fingerprint density at radius 1 is 1.69 bits per heavy atom. The lowest BCUT2D eigenvalue weighted by Gasteiger charge is -2.10. The second-order valence-electron chi connectivity index (χ2n) is 3.25. The van der Waals surface area contributed by atoms with Gasteiger partial charge in [-0.05, 0) is 19.4 Å². The van der Waals surface area contributed by atoms with E-state index in [0.29, 0.717) is 4.88 Å². The van der Waals surface area contributed by atoms with Crippen molar-refractivity contribution in [1.29, 1.82) is 0 Å². The molecule has 1 heterocycles. The van der Waals surface area contributed by atoms with Crippen molar-refractivity contribution in [3.05, 3.63) is 27.1 Å². The highest BCUT2D eigenvalue weighted by Crippen LogP contribution is 2.23. The number of rotatable bonds is 5. The van der Waals surface area contributed by atoms with Gasteiger partial charge in [0.25, 0.3) is 5.91 Å². The third kappa shape index (κ3) is 3.57. The second kappa shape index (κ2) is 5.95. The van der Waals surface area contributed by atoms with Crippen molar-refractivity contribution in [3.8, 4) is 0 Å². The topological polar surface area (TPSA) is 72.2 Å². The minimum Gasteiger partial charge on any atom is -0.349 e. The highest BCUT2D eigenvalue weighted by atomic mass is 79.9. The fraction of sp³-hybridized carbons (Fsp3) is 0.444. The lowest BCUT2D eigenvalue weighted by atomic mass is 10.2. The molecule has 1 unspecified atom stereocenters. The molecule has 1 rings (SSSR count). The van der Waals surface area contributed by atoms with Crippen LogP contribution in [-0.4, -0.2) is 22.2 Å². The predicted molar refractivity (Wildman–Crippen MR) is 66.3 cm³/mol. The molecule has 1 aromatic rings. The third-order valence-electron chi connectivity index (χ3n) is 1.92. The highest BCUT2D eigenvalue weighted by Gasteiger charge is 2.16. The van der Waals surface area contributed by atoms with Gasteiger partial charge in [0, 0.05) is 17.4 Å². The number of nitrogens with one attached hydrogen (secondary N) is 1. The van der Waals surface area contributed by atoms with Crippen molar-refractivity contribution in [1.82, 2.24) is 5.32 Å². The molecule has 1 aromatic heterocycles. The van der Waals surface area contributed by atoms with E-state index in [1.807, 2.05) is 6.92 Å². The van der Waals surface area contributed by atoms with Crippen molar-refractivity contribution in [2.45, 2.75) is 19.4 Å². The second-order valence-corrected chi connectivity index (χ2v) is 5.10. The molecule has 16 heavy (non-hydrogen) atoms. The van der Waals surface area contributed by atoms with E-state index in [2.05, 4.69) is 21.2 Å². The summed E-state index contributed by atoms with van der Waals surface area (Å²) in [4.78, 5) is 21.9. The van der Waals surface area contributed by atoms with Gasteiger partial charge in [0.2, 0.25) is 0 Å². The van der Waals surface area contributed by atoms with Crippen LogP contribution in [0.3, 0.4) is 0 Å². The summed E-state index contributed by atoms with van der Waals surface area (Å²) in [5, 5.41) is 14.0. The molecule has 1 atom stereocenters. The van der Waals surface area contributed by atoms with E-state index in [1.54, 1.807) is 0 Å². The van der Waals surface area contributed by atoms with Gasteiger partial charge in [-0.1, -0.05) is 27.3 Å². The summed E-state index contributed by atoms with van der Waals surface area (Å²) in [6, 6.07) is 2.86. The maximum Gasteiger partial charge on any atom is 0.324 e. The van der Waals surface area contributed by atoms with Gasteiger partial charge in [0.1, 0.15) is 0 Å². The van der Waals surface area contributed by atoms with E-state index in [1.165, 1.54) is 12.1 Å². The van der Waals surface area contributed by atoms with Gasteiger partial charge >= 0.3 is 5.00 Å². The van der Waals surface area contributed by atoms with Crippen LogP contribution in [0.25, 0.3) is 0 Å². The SMILES string of the molecule is CC(CCBr)NC(=O)c1ccc([N+](=O)[O-])s1. The smallest absolute Gasteiger partial charge is 0.324 e. The molecule has 7 heteroatoms. The van der Waals surface area contributed by atoms with Crippen LogP contribution in [0.15, 0.2) is 12.1 Å². The van der Waals surface area contributed by atoms with Gasteiger partial charge in [-0.3, -0.25) is 14.9 Å². The predicted octanol–water partition coefficient (Wildman–Crippen LogP) is 2.56. The van der Waals surface area contributed by atoms with E-state index < -0.39 is 4.92 Å². The number of hydrogen-bond donors (Lipinski definition) is 1. The number of hydrogen-bond acceptors (Lipinski definition) is 4. The molecule has 0 fully saturated rings. The molecular weight excluding hydrogens is 296 g/mol. The zero-order valence-electron chi connectivity index (χ0n) is 8.60. The molecule has 0 aliphatic heterocycles. The average molecular weight is 307 g/mol. The molecule has 88 valence electrons. The molecule has 5 nitrogen and oxygen atoms in total. The summed E-state index contributed by atoms with van der Waals surface area (Å²) in [5.41, 5.74) is 0. The monoisotopic (exact) mass is 306 g/mol. The fourth-order valence-electron chi connectivity index (χ4n) is 1.08. The minimum absolute atomic E-state index is 0.0155. The molecular formula is C9H11BrN2O3S. The number of amides is 1. The maximum atomic E-state index is 11.6. The molecule has 0 aromatic carbocycles. The fourth-order valence-corrected chi connectivity index (χ4v) is 2.49. The summed E-state index contributed by atoms with van der Waals surface area (Å²) in [6.07, 6.45) is 0.819. The Kier molecular flexibility index (Phi) is 4.88. The number of thiophene rings is 1. The molecule has 1 amide bonds. The van der Waals surface area contributed by atoms with Gasteiger partial charge in [-0.2, -0.15) is 0 Å². The van der Waals surface area contributed by atoms with Gasteiger partial charge in [-0.25, -0.2) is 0 Å². The Hall–Kier alpha value is -0.950. The number of nitrogens with zero attached hydrogens (tertiary/aromatic N) is 1. The Labute approximate surface area is 105 Å². The normalized spacial score (nSPS) is 12.1.